The molecule has 0 aliphatic carbocycles. The first-order chi connectivity index (χ1) is 12.1. The number of hydrogen-bond donors (Lipinski definition) is 1. The zero-order chi connectivity index (χ0) is 17.6. The third-order valence-corrected chi connectivity index (χ3v) is 5.36. The zero-order valence-corrected chi connectivity index (χ0v) is 15.6. The smallest absolute Gasteiger partial charge is 0.224 e. The van der Waals surface area contributed by atoms with Crippen molar-refractivity contribution in [3.8, 4) is 0 Å². The van der Waals surface area contributed by atoms with Crippen molar-refractivity contribution in [3.05, 3.63) is 69.7 Å². The monoisotopic (exact) mass is 376 g/mol. The van der Waals surface area contributed by atoms with Crippen molar-refractivity contribution < 1.29 is 4.79 Å². The molecule has 1 N–H and O–H groups in total. The molecule has 25 heavy (non-hydrogen) atoms. The second-order valence-electron chi connectivity index (χ2n) is 6.35. The molecular weight excluding hydrogens is 355 g/mol. The Hall–Kier alpha value is -1.55. The van der Waals surface area contributed by atoms with E-state index >= 15 is 0 Å². The van der Waals surface area contributed by atoms with Crippen LogP contribution in [0.1, 0.15) is 30.0 Å². The van der Waals surface area contributed by atoms with E-state index in [0.717, 1.165) is 29.2 Å². The van der Waals surface area contributed by atoms with E-state index in [2.05, 4.69) is 10.2 Å². The van der Waals surface area contributed by atoms with Gasteiger partial charge in [0.15, 0.2) is 0 Å². The molecule has 0 aromatic heterocycles. The second-order valence-corrected chi connectivity index (χ2v) is 7.17. The Kier molecular flexibility index (Phi) is 6.35. The molecular formula is C20H22Cl2N2O. The van der Waals surface area contributed by atoms with Gasteiger partial charge >= 0.3 is 0 Å². The van der Waals surface area contributed by atoms with E-state index < -0.39 is 0 Å². The van der Waals surface area contributed by atoms with Gasteiger partial charge in [0.25, 0.3) is 0 Å². The molecule has 1 atom stereocenters. The molecule has 1 fully saturated rings. The third-order valence-electron chi connectivity index (χ3n) is 4.65. The van der Waals surface area contributed by atoms with Gasteiger partial charge in [-0.05, 0) is 49.2 Å². The SMILES string of the molecule is O=C(Cc1ccccc1Cl)NCC(c1ccccc1Cl)N1CCCC1. The van der Waals surface area contributed by atoms with E-state index in [1.165, 1.54) is 12.8 Å². The molecule has 2 aromatic rings. The highest BCUT2D eigenvalue weighted by Crippen LogP contribution is 2.29. The number of amides is 1. The van der Waals surface area contributed by atoms with Crippen molar-refractivity contribution in [2.24, 2.45) is 0 Å². The molecule has 3 rings (SSSR count). The second kappa shape index (κ2) is 8.70. The Morgan fingerprint density at radius 2 is 1.64 bits per heavy atom. The maximum Gasteiger partial charge on any atom is 0.224 e. The quantitative estimate of drug-likeness (QED) is 0.805. The lowest BCUT2D eigenvalue weighted by molar-refractivity contribution is -0.120. The third kappa shape index (κ3) is 4.75. The van der Waals surface area contributed by atoms with Gasteiger partial charge in [0, 0.05) is 16.6 Å². The number of benzene rings is 2. The number of hydrogen-bond acceptors (Lipinski definition) is 2. The fourth-order valence-corrected chi connectivity index (χ4v) is 3.79. The van der Waals surface area contributed by atoms with Crippen LogP contribution in [0.15, 0.2) is 48.5 Å². The Bertz CT molecular complexity index is 729. The molecule has 2 aromatic carbocycles. The van der Waals surface area contributed by atoms with Gasteiger partial charge in [-0.25, -0.2) is 0 Å². The number of halogens is 2. The van der Waals surface area contributed by atoms with Gasteiger partial charge in [-0.1, -0.05) is 59.6 Å². The molecule has 0 saturated carbocycles. The van der Waals surface area contributed by atoms with Crippen molar-refractivity contribution >= 4 is 29.1 Å². The van der Waals surface area contributed by atoms with Crippen LogP contribution in [0.4, 0.5) is 0 Å². The molecule has 1 unspecified atom stereocenters. The summed E-state index contributed by atoms with van der Waals surface area (Å²) in [6.07, 6.45) is 2.66. The largest absolute Gasteiger partial charge is 0.354 e. The predicted molar refractivity (Wildman–Crippen MR) is 103 cm³/mol. The molecule has 0 spiro atoms. The van der Waals surface area contributed by atoms with Crippen LogP contribution in [-0.4, -0.2) is 30.4 Å². The molecule has 1 amide bonds. The van der Waals surface area contributed by atoms with Crippen molar-refractivity contribution in [3.63, 3.8) is 0 Å². The fourth-order valence-electron chi connectivity index (χ4n) is 3.32. The Balaban J connectivity index is 1.67. The van der Waals surface area contributed by atoms with Gasteiger partial charge in [-0.3, -0.25) is 9.69 Å². The lowest BCUT2D eigenvalue weighted by Crippen LogP contribution is -2.37. The standard InChI is InChI=1S/C20H22Cl2N2O/c21-17-9-3-1-7-15(17)13-20(25)23-14-19(24-11-5-6-12-24)16-8-2-4-10-18(16)22/h1-4,7-10,19H,5-6,11-14H2,(H,23,25). The van der Waals surface area contributed by atoms with Gasteiger partial charge < -0.3 is 5.32 Å². The number of nitrogens with zero attached hydrogens (tertiary/aromatic N) is 1. The summed E-state index contributed by atoms with van der Waals surface area (Å²) in [7, 11) is 0. The average molecular weight is 377 g/mol. The Labute approximate surface area is 158 Å². The molecule has 1 heterocycles. The molecule has 5 heteroatoms. The minimum Gasteiger partial charge on any atom is -0.354 e. The number of nitrogens with one attached hydrogen (secondary N) is 1. The van der Waals surface area contributed by atoms with Crippen LogP contribution >= 0.6 is 23.2 Å². The number of likely N-dealkylation sites (tertiary alicyclic amines) is 1. The lowest BCUT2D eigenvalue weighted by Gasteiger charge is -2.29. The minimum atomic E-state index is -0.0237. The van der Waals surface area contributed by atoms with E-state index in [1.807, 2.05) is 42.5 Å². The summed E-state index contributed by atoms with van der Waals surface area (Å²) < 4.78 is 0. The first-order valence-electron chi connectivity index (χ1n) is 8.64. The topological polar surface area (TPSA) is 32.3 Å². The summed E-state index contributed by atoms with van der Waals surface area (Å²) >= 11 is 12.6. The number of carbonyl (C=O) groups excluding carboxylic acids is 1. The number of carbonyl (C=O) groups is 1. The van der Waals surface area contributed by atoms with Crippen LogP contribution in [0.25, 0.3) is 0 Å². The Morgan fingerprint density at radius 1 is 1.00 bits per heavy atom. The maximum atomic E-state index is 12.4. The van der Waals surface area contributed by atoms with Crippen molar-refractivity contribution in [2.75, 3.05) is 19.6 Å². The maximum absolute atomic E-state index is 12.4. The van der Waals surface area contributed by atoms with E-state index in [0.29, 0.717) is 11.6 Å². The Morgan fingerprint density at radius 3 is 2.32 bits per heavy atom. The summed E-state index contributed by atoms with van der Waals surface area (Å²) in [5, 5.41) is 4.44. The van der Waals surface area contributed by atoms with Crippen molar-refractivity contribution in [2.45, 2.75) is 25.3 Å². The summed E-state index contributed by atoms with van der Waals surface area (Å²) in [4.78, 5) is 14.8. The minimum absolute atomic E-state index is 0.0237. The lowest BCUT2D eigenvalue weighted by atomic mass is 10.0. The highest BCUT2D eigenvalue weighted by molar-refractivity contribution is 6.31. The van der Waals surface area contributed by atoms with Crippen LogP contribution in [0.5, 0.6) is 0 Å². The number of rotatable bonds is 6. The van der Waals surface area contributed by atoms with Crippen LogP contribution < -0.4 is 5.32 Å². The summed E-state index contributed by atoms with van der Waals surface area (Å²) in [5.74, 6) is -0.0237. The molecule has 3 nitrogen and oxygen atoms in total. The van der Waals surface area contributed by atoms with Gasteiger partial charge in [-0.2, -0.15) is 0 Å². The van der Waals surface area contributed by atoms with Crippen molar-refractivity contribution in [1.29, 1.82) is 0 Å². The molecule has 1 aliphatic rings. The fraction of sp³-hybridized carbons (Fsp3) is 0.350. The van der Waals surface area contributed by atoms with Gasteiger partial charge in [0.1, 0.15) is 0 Å². The van der Waals surface area contributed by atoms with Gasteiger partial charge in [0.2, 0.25) is 5.91 Å². The normalized spacial score (nSPS) is 15.9. The van der Waals surface area contributed by atoms with Gasteiger partial charge in [-0.15, -0.1) is 0 Å². The predicted octanol–water partition coefficient (Wildman–Crippen LogP) is 4.49. The molecule has 0 radical (unpaired) electrons. The molecule has 132 valence electrons. The van der Waals surface area contributed by atoms with Crippen LogP contribution in [0.2, 0.25) is 10.0 Å². The van der Waals surface area contributed by atoms with Crippen molar-refractivity contribution in [1.82, 2.24) is 10.2 Å². The molecule has 1 saturated heterocycles. The van der Waals surface area contributed by atoms with E-state index in [9.17, 15) is 4.79 Å². The molecule has 0 bridgehead atoms. The first kappa shape index (κ1) is 18.2. The first-order valence-corrected chi connectivity index (χ1v) is 9.39. The van der Waals surface area contributed by atoms with E-state index in [-0.39, 0.29) is 18.4 Å². The average Bonchev–Trinajstić information content (AvgIpc) is 3.13. The van der Waals surface area contributed by atoms with Crippen LogP contribution in [-0.2, 0) is 11.2 Å². The summed E-state index contributed by atoms with van der Waals surface area (Å²) in [5.41, 5.74) is 1.92. The summed E-state index contributed by atoms with van der Waals surface area (Å²) in [6.45, 7) is 2.62. The van der Waals surface area contributed by atoms with Crippen LogP contribution in [0, 0.1) is 0 Å². The van der Waals surface area contributed by atoms with E-state index in [1.54, 1.807) is 6.07 Å². The highest BCUT2D eigenvalue weighted by Gasteiger charge is 2.25. The van der Waals surface area contributed by atoms with Crippen LogP contribution in [0.3, 0.4) is 0 Å². The summed E-state index contributed by atoms with van der Waals surface area (Å²) in [6, 6.07) is 15.4. The van der Waals surface area contributed by atoms with E-state index in [4.69, 9.17) is 23.2 Å². The zero-order valence-electron chi connectivity index (χ0n) is 14.1. The highest BCUT2D eigenvalue weighted by atomic mass is 35.5. The van der Waals surface area contributed by atoms with Gasteiger partial charge in [0.05, 0.1) is 12.5 Å². The molecule has 1 aliphatic heterocycles.